The second-order valence-electron chi connectivity index (χ2n) is 6.98. The van der Waals surface area contributed by atoms with Gasteiger partial charge in [0.05, 0.1) is 18.7 Å². The first kappa shape index (κ1) is 22.4. The fraction of sp³-hybridized carbons (Fsp3) is 0.381. The maximum absolute atomic E-state index is 12.6. The molecule has 2 aromatic rings. The fourth-order valence-electron chi connectivity index (χ4n) is 3.25. The summed E-state index contributed by atoms with van der Waals surface area (Å²) >= 11 is 1.04. The van der Waals surface area contributed by atoms with E-state index in [-0.39, 0.29) is 36.2 Å². The fourth-order valence-corrected chi connectivity index (χ4v) is 4.17. The summed E-state index contributed by atoms with van der Waals surface area (Å²) in [6.07, 6.45) is 0. The smallest absolute Gasteiger partial charge is 0.348 e. The van der Waals surface area contributed by atoms with Crippen LogP contribution in [-0.4, -0.2) is 37.0 Å². The Morgan fingerprint density at radius 3 is 2.45 bits per heavy atom. The molecule has 1 aromatic carbocycles. The number of nitrogens with one attached hydrogen (secondary N) is 1. The molecule has 0 spiro atoms. The van der Waals surface area contributed by atoms with Crippen molar-refractivity contribution in [3.63, 3.8) is 0 Å². The van der Waals surface area contributed by atoms with Crippen LogP contribution in [0.3, 0.4) is 0 Å². The van der Waals surface area contributed by atoms with Crippen LogP contribution in [0.2, 0.25) is 0 Å². The number of anilines is 2. The van der Waals surface area contributed by atoms with E-state index in [1.165, 1.54) is 0 Å². The lowest BCUT2D eigenvalue weighted by atomic mass is 10.1. The Kier molecular flexibility index (Phi) is 7.37. The van der Waals surface area contributed by atoms with Gasteiger partial charge in [-0.1, -0.05) is 17.7 Å². The number of amides is 1. The molecule has 0 unspecified atom stereocenters. The monoisotopic (exact) mass is 414 g/mol. The van der Waals surface area contributed by atoms with Crippen LogP contribution in [-0.2, 0) is 16.1 Å². The molecule has 0 aliphatic carbocycles. The molecule has 0 atom stereocenters. The molecule has 1 amide bonds. The first-order valence-corrected chi connectivity index (χ1v) is 10.0. The molecule has 0 bridgehead atoms. The number of esters is 1. The largest absolute Gasteiger partial charge is 0.462 e. The van der Waals surface area contributed by atoms with Crippen LogP contribution >= 0.6 is 11.3 Å². The number of thiophene rings is 1. The molecule has 0 aliphatic rings. The van der Waals surface area contributed by atoms with E-state index < -0.39 is 5.97 Å². The summed E-state index contributed by atoms with van der Waals surface area (Å²) in [4.78, 5) is 26.8. The standard InChI is InChI=1S/C21H26N4O3S/c1-6-28-21(27)19-16(15(9-22)20(23)29-19)10-25(5)11-17(26)24-18-13(3)7-12(2)8-14(18)4/h7-8H,6,10-11,23H2,1-5H3,(H,24,26). The molecule has 1 heterocycles. The molecule has 0 radical (unpaired) electrons. The molecular weight excluding hydrogens is 388 g/mol. The molecule has 3 N–H and O–H groups in total. The van der Waals surface area contributed by atoms with Crippen molar-refractivity contribution in [3.05, 3.63) is 44.8 Å². The number of nitriles is 1. The lowest BCUT2D eigenvalue weighted by Crippen LogP contribution is -2.30. The van der Waals surface area contributed by atoms with E-state index in [1.807, 2.05) is 32.9 Å². The number of rotatable bonds is 7. The summed E-state index contributed by atoms with van der Waals surface area (Å²) in [5.41, 5.74) is 10.6. The van der Waals surface area contributed by atoms with Gasteiger partial charge in [0.2, 0.25) is 5.91 Å². The lowest BCUT2D eigenvalue weighted by Gasteiger charge is -2.18. The molecule has 154 valence electrons. The van der Waals surface area contributed by atoms with Crippen LogP contribution in [0, 0.1) is 32.1 Å². The van der Waals surface area contributed by atoms with Crippen LogP contribution in [0.25, 0.3) is 0 Å². The quantitative estimate of drug-likeness (QED) is 0.673. The third-order valence-electron chi connectivity index (χ3n) is 4.39. The number of nitrogen functional groups attached to an aromatic ring is 1. The van der Waals surface area contributed by atoms with Crippen molar-refractivity contribution in [1.29, 1.82) is 5.26 Å². The highest BCUT2D eigenvalue weighted by atomic mass is 32.1. The van der Waals surface area contributed by atoms with Gasteiger partial charge >= 0.3 is 5.97 Å². The average molecular weight is 415 g/mol. The van der Waals surface area contributed by atoms with E-state index in [1.54, 1.807) is 18.9 Å². The number of hydrogen-bond donors (Lipinski definition) is 2. The van der Waals surface area contributed by atoms with E-state index in [0.29, 0.717) is 10.4 Å². The predicted molar refractivity (Wildman–Crippen MR) is 115 cm³/mol. The molecule has 2 rings (SSSR count). The number of likely N-dealkylation sites (N-methyl/N-ethyl adjacent to an activating group) is 1. The predicted octanol–water partition coefficient (Wildman–Crippen LogP) is 3.37. The van der Waals surface area contributed by atoms with Crippen LogP contribution < -0.4 is 11.1 Å². The van der Waals surface area contributed by atoms with Gasteiger partial charge in [-0.05, 0) is 45.9 Å². The van der Waals surface area contributed by atoms with Crippen LogP contribution in [0.4, 0.5) is 10.7 Å². The van der Waals surface area contributed by atoms with Crippen molar-refractivity contribution in [2.75, 3.05) is 31.2 Å². The molecule has 0 aliphatic heterocycles. The molecule has 1 aromatic heterocycles. The van der Waals surface area contributed by atoms with Crippen molar-refractivity contribution < 1.29 is 14.3 Å². The highest BCUT2D eigenvalue weighted by molar-refractivity contribution is 7.18. The molecule has 8 heteroatoms. The minimum absolute atomic E-state index is 0.0929. The van der Waals surface area contributed by atoms with Crippen LogP contribution in [0.1, 0.15) is 44.4 Å². The van der Waals surface area contributed by atoms with E-state index in [2.05, 4.69) is 11.4 Å². The topological polar surface area (TPSA) is 108 Å². The van der Waals surface area contributed by atoms with Crippen molar-refractivity contribution in [2.45, 2.75) is 34.2 Å². The third kappa shape index (κ3) is 5.34. The van der Waals surface area contributed by atoms with Gasteiger partial charge in [-0.15, -0.1) is 11.3 Å². The van der Waals surface area contributed by atoms with Crippen molar-refractivity contribution in [1.82, 2.24) is 4.90 Å². The average Bonchev–Trinajstić information content (AvgIpc) is 2.93. The first-order valence-electron chi connectivity index (χ1n) is 9.22. The molecule has 0 saturated heterocycles. The molecular formula is C21H26N4O3S. The minimum Gasteiger partial charge on any atom is -0.462 e. The van der Waals surface area contributed by atoms with Gasteiger partial charge in [0.15, 0.2) is 0 Å². The number of ether oxygens (including phenoxy) is 1. The van der Waals surface area contributed by atoms with Gasteiger partial charge < -0.3 is 15.8 Å². The second kappa shape index (κ2) is 9.54. The second-order valence-corrected chi connectivity index (χ2v) is 8.03. The Labute approximate surface area is 175 Å². The van der Waals surface area contributed by atoms with Crippen LogP contribution in [0.15, 0.2) is 12.1 Å². The maximum Gasteiger partial charge on any atom is 0.348 e. The van der Waals surface area contributed by atoms with Crippen molar-refractivity contribution >= 4 is 33.9 Å². The van der Waals surface area contributed by atoms with E-state index in [0.717, 1.165) is 33.7 Å². The number of nitrogens with two attached hydrogens (primary N) is 1. The number of nitrogens with zero attached hydrogens (tertiary/aromatic N) is 2. The highest BCUT2D eigenvalue weighted by Gasteiger charge is 2.24. The molecule has 29 heavy (non-hydrogen) atoms. The maximum atomic E-state index is 12.6. The highest BCUT2D eigenvalue weighted by Crippen LogP contribution is 2.32. The number of aryl methyl sites for hydroxylation is 3. The number of hydrogen-bond acceptors (Lipinski definition) is 7. The van der Waals surface area contributed by atoms with Gasteiger partial charge in [0.1, 0.15) is 15.9 Å². The Morgan fingerprint density at radius 2 is 1.90 bits per heavy atom. The molecule has 0 fully saturated rings. The van der Waals surface area contributed by atoms with E-state index in [4.69, 9.17) is 10.5 Å². The summed E-state index contributed by atoms with van der Waals surface area (Å²) in [6.45, 7) is 8.19. The zero-order chi connectivity index (χ0) is 21.7. The number of benzene rings is 1. The SMILES string of the molecule is CCOC(=O)c1sc(N)c(C#N)c1CN(C)CC(=O)Nc1c(C)cc(C)cc1C. The van der Waals surface area contributed by atoms with E-state index >= 15 is 0 Å². The van der Waals surface area contributed by atoms with Gasteiger partial charge in [-0.3, -0.25) is 9.69 Å². The Morgan fingerprint density at radius 1 is 1.28 bits per heavy atom. The first-order chi connectivity index (χ1) is 13.7. The zero-order valence-electron chi connectivity index (χ0n) is 17.4. The normalized spacial score (nSPS) is 10.7. The molecule has 7 nitrogen and oxygen atoms in total. The van der Waals surface area contributed by atoms with Crippen LogP contribution in [0.5, 0.6) is 0 Å². The summed E-state index contributed by atoms with van der Waals surface area (Å²) in [6, 6.07) is 6.09. The van der Waals surface area contributed by atoms with Gasteiger partial charge in [0, 0.05) is 17.8 Å². The van der Waals surface area contributed by atoms with Gasteiger partial charge in [0.25, 0.3) is 0 Å². The minimum atomic E-state index is -0.510. The summed E-state index contributed by atoms with van der Waals surface area (Å²) in [5.74, 6) is -0.689. The lowest BCUT2D eigenvalue weighted by molar-refractivity contribution is -0.117. The molecule has 0 saturated carbocycles. The summed E-state index contributed by atoms with van der Waals surface area (Å²) in [7, 11) is 1.75. The van der Waals surface area contributed by atoms with Gasteiger partial charge in [-0.25, -0.2) is 4.79 Å². The zero-order valence-corrected chi connectivity index (χ0v) is 18.2. The Bertz CT molecular complexity index is 952. The Balaban J connectivity index is 2.15. The van der Waals surface area contributed by atoms with Crippen molar-refractivity contribution in [2.24, 2.45) is 0 Å². The third-order valence-corrected chi connectivity index (χ3v) is 5.43. The van der Waals surface area contributed by atoms with E-state index in [9.17, 15) is 14.9 Å². The van der Waals surface area contributed by atoms with Gasteiger partial charge in [-0.2, -0.15) is 5.26 Å². The number of carbonyl (C=O) groups excluding carboxylic acids is 2. The Hall–Kier alpha value is -2.89. The number of carbonyl (C=O) groups is 2. The van der Waals surface area contributed by atoms with Crippen molar-refractivity contribution in [3.8, 4) is 6.07 Å². The summed E-state index contributed by atoms with van der Waals surface area (Å²) in [5, 5.41) is 12.7. The summed E-state index contributed by atoms with van der Waals surface area (Å²) < 4.78 is 5.07.